The van der Waals surface area contributed by atoms with Crippen molar-refractivity contribution in [1.82, 2.24) is 15.5 Å². The minimum Gasteiger partial charge on any atom is -0.338 e. The van der Waals surface area contributed by atoms with Gasteiger partial charge in [-0.25, -0.2) is 0 Å². The molecule has 0 spiro atoms. The summed E-state index contributed by atoms with van der Waals surface area (Å²) in [5, 5.41) is 9.45. The highest BCUT2D eigenvalue weighted by Crippen LogP contribution is 2.42. The summed E-state index contributed by atoms with van der Waals surface area (Å²) >= 11 is 1.81. The molecule has 2 heterocycles. The second kappa shape index (κ2) is 4.58. The van der Waals surface area contributed by atoms with Gasteiger partial charge in [0.05, 0.1) is 6.54 Å². The number of hydrogen-bond donors (Lipinski definition) is 1. The van der Waals surface area contributed by atoms with Gasteiger partial charge in [-0.15, -0.1) is 11.3 Å². The van der Waals surface area contributed by atoms with Crippen LogP contribution >= 0.6 is 11.3 Å². The summed E-state index contributed by atoms with van der Waals surface area (Å²) < 4.78 is 5.11. The second-order valence-corrected chi connectivity index (χ2v) is 5.43. The molecule has 1 atom stereocenters. The molecule has 0 saturated heterocycles. The van der Waals surface area contributed by atoms with Gasteiger partial charge in [0.15, 0.2) is 5.82 Å². The van der Waals surface area contributed by atoms with Gasteiger partial charge in [-0.2, -0.15) is 4.98 Å². The Bertz CT molecular complexity index is 476. The Balaban J connectivity index is 1.65. The predicted molar refractivity (Wildman–Crippen MR) is 65.7 cm³/mol. The van der Waals surface area contributed by atoms with Crippen molar-refractivity contribution in [3.63, 3.8) is 0 Å². The van der Waals surface area contributed by atoms with Gasteiger partial charge in [0.25, 0.3) is 0 Å². The lowest BCUT2D eigenvalue weighted by Crippen LogP contribution is -2.22. The van der Waals surface area contributed by atoms with E-state index in [9.17, 15) is 0 Å². The molecule has 0 bridgehead atoms. The minimum absolute atomic E-state index is 0.446. The van der Waals surface area contributed by atoms with Crippen molar-refractivity contribution in [1.29, 1.82) is 0 Å². The summed E-state index contributed by atoms with van der Waals surface area (Å²) in [5.41, 5.74) is 0. The number of hydrogen-bond acceptors (Lipinski definition) is 5. The Morgan fingerprint density at radius 1 is 1.59 bits per heavy atom. The SMILES string of the molecule is Cc1noc(CNC(c2cccs2)C2CC2)n1. The lowest BCUT2D eigenvalue weighted by atomic mass is 10.1. The normalized spacial score (nSPS) is 17.2. The Hall–Kier alpha value is -1.20. The van der Waals surface area contributed by atoms with E-state index >= 15 is 0 Å². The van der Waals surface area contributed by atoms with Gasteiger partial charge in [-0.05, 0) is 37.1 Å². The fraction of sp³-hybridized carbons (Fsp3) is 0.500. The highest BCUT2D eigenvalue weighted by molar-refractivity contribution is 7.10. The first kappa shape index (κ1) is 10.9. The van der Waals surface area contributed by atoms with Gasteiger partial charge in [0, 0.05) is 10.9 Å². The Kier molecular flexibility index (Phi) is 2.94. The standard InChI is InChI=1S/C12H15N3OS/c1-8-14-11(16-15-8)7-13-12(9-4-5-9)10-3-2-6-17-10/h2-3,6,9,12-13H,4-5,7H2,1H3. The summed E-state index contributed by atoms with van der Waals surface area (Å²) in [6.45, 7) is 2.49. The molecule has 5 heteroatoms. The van der Waals surface area contributed by atoms with Crippen molar-refractivity contribution >= 4 is 11.3 Å². The molecule has 1 unspecified atom stereocenters. The molecular formula is C12H15N3OS. The third kappa shape index (κ3) is 2.56. The monoisotopic (exact) mass is 249 g/mol. The van der Waals surface area contributed by atoms with Crippen LogP contribution in [0, 0.1) is 12.8 Å². The van der Waals surface area contributed by atoms with E-state index < -0.39 is 0 Å². The molecule has 0 aromatic carbocycles. The van der Waals surface area contributed by atoms with Crippen LogP contribution in [0.25, 0.3) is 0 Å². The van der Waals surface area contributed by atoms with E-state index in [0.717, 1.165) is 5.92 Å². The van der Waals surface area contributed by atoms with Crippen LogP contribution in [-0.2, 0) is 6.54 Å². The largest absolute Gasteiger partial charge is 0.338 e. The third-order valence-electron chi connectivity index (χ3n) is 2.99. The quantitative estimate of drug-likeness (QED) is 0.885. The van der Waals surface area contributed by atoms with Crippen LogP contribution in [-0.4, -0.2) is 10.1 Å². The van der Waals surface area contributed by atoms with Crippen LogP contribution < -0.4 is 5.32 Å². The Labute approximate surface area is 104 Å². The summed E-state index contributed by atoms with van der Waals surface area (Å²) in [4.78, 5) is 5.61. The number of aryl methyl sites for hydroxylation is 1. The van der Waals surface area contributed by atoms with Gasteiger partial charge in [0.2, 0.25) is 5.89 Å². The van der Waals surface area contributed by atoms with Crippen LogP contribution in [0.3, 0.4) is 0 Å². The summed E-state index contributed by atoms with van der Waals surface area (Å²) in [7, 11) is 0. The maximum absolute atomic E-state index is 5.11. The molecule has 1 fully saturated rings. The number of rotatable bonds is 5. The molecule has 3 rings (SSSR count). The van der Waals surface area contributed by atoms with Crippen LogP contribution in [0.1, 0.15) is 35.5 Å². The molecule has 0 amide bonds. The van der Waals surface area contributed by atoms with E-state index in [2.05, 4.69) is 33.0 Å². The molecule has 17 heavy (non-hydrogen) atoms. The number of nitrogens with zero attached hydrogens (tertiary/aromatic N) is 2. The van der Waals surface area contributed by atoms with Crippen LogP contribution in [0.5, 0.6) is 0 Å². The van der Waals surface area contributed by atoms with E-state index in [0.29, 0.717) is 24.3 Å². The highest BCUT2D eigenvalue weighted by atomic mass is 32.1. The second-order valence-electron chi connectivity index (χ2n) is 4.45. The van der Waals surface area contributed by atoms with Crippen LogP contribution in [0.4, 0.5) is 0 Å². The fourth-order valence-electron chi connectivity index (χ4n) is 2.01. The van der Waals surface area contributed by atoms with Gasteiger partial charge in [-0.3, -0.25) is 0 Å². The molecule has 1 N–H and O–H groups in total. The predicted octanol–water partition coefficient (Wildman–Crippen LogP) is 2.68. The average Bonchev–Trinajstić information content (AvgIpc) is 2.85. The van der Waals surface area contributed by atoms with E-state index in [1.54, 1.807) is 0 Å². The highest BCUT2D eigenvalue weighted by Gasteiger charge is 2.32. The molecule has 2 aromatic rings. The van der Waals surface area contributed by atoms with E-state index in [-0.39, 0.29) is 0 Å². The van der Waals surface area contributed by atoms with Crippen molar-refractivity contribution in [2.75, 3.05) is 0 Å². The van der Waals surface area contributed by atoms with Gasteiger partial charge < -0.3 is 9.84 Å². The van der Waals surface area contributed by atoms with Crippen molar-refractivity contribution in [2.45, 2.75) is 32.4 Å². The summed E-state index contributed by atoms with van der Waals surface area (Å²) in [6, 6.07) is 4.75. The van der Waals surface area contributed by atoms with Crippen molar-refractivity contribution < 1.29 is 4.52 Å². The Morgan fingerprint density at radius 3 is 3.06 bits per heavy atom. The zero-order valence-corrected chi connectivity index (χ0v) is 10.5. The summed E-state index contributed by atoms with van der Waals surface area (Å²) in [6.07, 6.45) is 2.64. The zero-order chi connectivity index (χ0) is 11.7. The van der Waals surface area contributed by atoms with E-state index in [4.69, 9.17) is 4.52 Å². The zero-order valence-electron chi connectivity index (χ0n) is 9.72. The first-order valence-corrected chi connectivity index (χ1v) is 6.77. The molecule has 4 nitrogen and oxygen atoms in total. The Morgan fingerprint density at radius 2 is 2.47 bits per heavy atom. The van der Waals surface area contributed by atoms with E-state index in [1.807, 2.05) is 18.3 Å². The maximum atomic E-state index is 5.11. The summed E-state index contributed by atoms with van der Waals surface area (Å²) in [5.74, 6) is 2.14. The van der Waals surface area contributed by atoms with Gasteiger partial charge >= 0.3 is 0 Å². The van der Waals surface area contributed by atoms with Crippen molar-refractivity contribution in [3.05, 3.63) is 34.1 Å². The van der Waals surface area contributed by atoms with Gasteiger partial charge in [0.1, 0.15) is 0 Å². The molecule has 2 aromatic heterocycles. The molecule has 1 aliphatic rings. The first-order valence-electron chi connectivity index (χ1n) is 5.89. The third-order valence-corrected chi connectivity index (χ3v) is 3.94. The lowest BCUT2D eigenvalue weighted by molar-refractivity contribution is 0.349. The molecule has 0 radical (unpaired) electrons. The van der Waals surface area contributed by atoms with Gasteiger partial charge in [-0.1, -0.05) is 11.2 Å². The number of nitrogens with one attached hydrogen (secondary N) is 1. The number of thiophene rings is 1. The fourth-order valence-corrected chi connectivity index (χ4v) is 2.90. The van der Waals surface area contributed by atoms with Crippen molar-refractivity contribution in [3.8, 4) is 0 Å². The first-order chi connectivity index (χ1) is 8.33. The lowest BCUT2D eigenvalue weighted by Gasteiger charge is -2.15. The molecule has 1 aliphatic carbocycles. The molecular weight excluding hydrogens is 234 g/mol. The number of aromatic nitrogens is 2. The van der Waals surface area contributed by atoms with Crippen LogP contribution in [0.15, 0.2) is 22.0 Å². The van der Waals surface area contributed by atoms with Crippen molar-refractivity contribution in [2.24, 2.45) is 5.92 Å². The minimum atomic E-state index is 0.446. The molecule has 90 valence electrons. The maximum Gasteiger partial charge on any atom is 0.240 e. The topological polar surface area (TPSA) is 51.0 Å². The smallest absolute Gasteiger partial charge is 0.240 e. The van der Waals surface area contributed by atoms with E-state index in [1.165, 1.54) is 17.7 Å². The molecule has 1 saturated carbocycles. The van der Waals surface area contributed by atoms with Crippen LogP contribution in [0.2, 0.25) is 0 Å². The average molecular weight is 249 g/mol. The molecule has 0 aliphatic heterocycles.